The highest BCUT2D eigenvalue weighted by Gasteiger charge is 2.15. The maximum absolute atomic E-state index is 12.9. The van der Waals surface area contributed by atoms with Gasteiger partial charge in [0.15, 0.2) is 5.65 Å². The third kappa shape index (κ3) is 2.74. The van der Waals surface area contributed by atoms with Crippen molar-refractivity contribution in [2.75, 3.05) is 5.32 Å². The smallest absolute Gasteiger partial charge is 0.226 e. The van der Waals surface area contributed by atoms with Crippen LogP contribution in [-0.2, 0) is 13.1 Å². The molecule has 0 fully saturated rings. The van der Waals surface area contributed by atoms with E-state index in [-0.39, 0.29) is 11.1 Å². The zero-order valence-corrected chi connectivity index (χ0v) is 13.0. The van der Waals surface area contributed by atoms with Crippen LogP contribution in [0.1, 0.15) is 18.2 Å². The summed E-state index contributed by atoms with van der Waals surface area (Å²) in [5.41, 5.74) is 2.50. The summed E-state index contributed by atoms with van der Waals surface area (Å²) in [6.07, 6.45) is 0. The van der Waals surface area contributed by atoms with E-state index < -0.39 is 0 Å². The molecule has 0 aliphatic carbocycles. The minimum absolute atomic E-state index is 0.170. The molecule has 0 spiro atoms. The molecule has 2 aromatic heterocycles. The highest BCUT2D eigenvalue weighted by molar-refractivity contribution is 6.28. The van der Waals surface area contributed by atoms with E-state index in [1.807, 2.05) is 13.8 Å². The summed E-state index contributed by atoms with van der Waals surface area (Å²) < 4.78 is 14.7. The second-order valence-electron chi connectivity index (χ2n) is 4.92. The standard InChI is InChI=1S/C15H15ClFN5/c1-3-22-14-12(9(2)21-22)13(19-15(16)20-14)18-8-10-4-6-11(17)7-5-10/h4-7H,3,8H2,1-2H3,(H,18,19,20). The van der Waals surface area contributed by atoms with E-state index in [9.17, 15) is 4.39 Å². The molecule has 1 aromatic carbocycles. The van der Waals surface area contributed by atoms with Gasteiger partial charge in [-0.25, -0.2) is 9.07 Å². The second kappa shape index (κ2) is 5.88. The molecule has 7 heteroatoms. The minimum atomic E-state index is -0.253. The number of aromatic nitrogens is 4. The lowest BCUT2D eigenvalue weighted by Gasteiger charge is -2.08. The number of fused-ring (bicyclic) bond motifs is 1. The van der Waals surface area contributed by atoms with Crippen LogP contribution in [0, 0.1) is 12.7 Å². The molecule has 2 heterocycles. The van der Waals surface area contributed by atoms with Crippen LogP contribution in [0.5, 0.6) is 0 Å². The zero-order chi connectivity index (χ0) is 15.7. The average molecular weight is 320 g/mol. The molecule has 3 rings (SSSR count). The monoisotopic (exact) mass is 319 g/mol. The van der Waals surface area contributed by atoms with E-state index in [2.05, 4.69) is 20.4 Å². The number of nitrogens with zero attached hydrogens (tertiary/aromatic N) is 4. The number of hydrogen-bond donors (Lipinski definition) is 1. The van der Waals surface area contributed by atoms with E-state index in [0.29, 0.717) is 24.6 Å². The number of aryl methyl sites for hydroxylation is 2. The van der Waals surface area contributed by atoms with Crippen LogP contribution in [0.4, 0.5) is 10.2 Å². The molecule has 0 atom stereocenters. The van der Waals surface area contributed by atoms with Gasteiger partial charge in [0, 0.05) is 13.1 Å². The van der Waals surface area contributed by atoms with E-state index in [4.69, 9.17) is 11.6 Å². The highest BCUT2D eigenvalue weighted by atomic mass is 35.5. The van der Waals surface area contributed by atoms with Gasteiger partial charge in [-0.1, -0.05) is 12.1 Å². The third-order valence-electron chi connectivity index (χ3n) is 3.41. The van der Waals surface area contributed by atoms with E-state index in [1.165, 1.54) is 12.1 Å². The number of rotatable bonds is 4. The Morgan fingerprint density at radius 2 is 1.95 bits per heavy atom. The van der Waals surface area contributed by atoms with Crippen molar-refractivity contribution in [3.8, 4) is 0 Å². The Morgan fingerprint density at radius 3 is 2.64 bits per heavy atom. The molecule has 0 aliphatic heterocycles. The zero-order valence-electron chi connectivity index (χ0n) is 12.3. The summed E-state index contributed by atoms with van der Waals surface area (Å²) in [4.78, 5) is 8.52. The van der Waals surface area contributed by atoms with Gasteiger partial charge >= 0.3 is 0 Å². The van der Waals surface area contributed by atoms with Crippen molar-refractivity contribution < 1.29 is 4.39 Å². The first-order chi connectivity index (χ1) is 10.6. The lowest BCUT2D eigenvalue weighted by atomic mass is 10.2. The van der Waals surface area contributed by atoms with Gasteiger partial charge in [-0.05, 0) is 43.1 Å². The number of benzene rings is 1. The SMILES string of the molecule is CCn1nc(C)c2c(NCc3ccc(F)cc3)nc(Cl)nc21. The largest absolute Gasteiger partial charge is 0.365 e. The van der Waals surface area contributed by atoms with Gasteiger partial charge in [-0.3, -0.25) is 0 Å². The van der Waals surface area contributed by atoms with Crippen LogP contribution in [0.2, 0.25) is 5.28 Å². The summed E-state index contributed by atoms with van der Waals surface area (Å²) >= 11 is 6.01. The van der Waals surface area contributed by atoms with Crippen molar-refractivity contribution in [2.24, 2.45) is 0 Å². The summed E-state index contributed by atoms with van der Waals surface area (Å²) in [6.45, 7) is 5.12. The van der Waals surface area contributed by atoms with Crippen molar-refractivity contribution >= 4 is 28.5 Å². The fourth-order valence-corrected chi connectivity index (χ4v) is 2.52. The first kappa shape index (κ1) is 14.7. The van der Waals surface area contributed by atoms with Crippen LogP contribution in [0.15, 0.2) is 24.3 Å². The molecular formula is C15H15ClFN5. The molecule has 5 nitrogen and oxygen atoms in total. The summed E-state index contributed by atoms with van der Waals surface area (Å²) in [5.74, 6) is 0.382. The normalized spacial score (nSPS) is 11.1. The van der Waals surface area contributed by atoms with Crippen molar-refractivity contribution in [1.82, 2.24) is 19.7 Å². The van der Waals surface area contributed by atoms with Gasteiger partial charge in [0.2, 0.25) is 5.28 Å². The van der Waals surface area contributed by atoms with Gasteiger partial charge in [0.25, 0.3) is 0 Å². The molecular weight excluding hydrogens is 305 g/mol. The predicted octanol–water partition coefficient (Wildman–Crippen LogP) is 3.56. The molecule has 0 bridgehead atoms. The number of hydrogen-bond acceptors (Lipinski definition) is 4. The molecule has 0 saturated heterocycles. The minimum Gasteiger partial charge on any atom is -0.365 e. The predicted molar refractivity (Wildman–Crippen MR) is 84.5 cm³/mol. The molecule has 0 unspecified atom stereocenters. The Bertz CT molecular complexity index is 813. The summed E-state index contributed by atoms with van der Waals surface area (Å²) in [6, 6.07) is 6.31. The van der Waals surface area contributed by atoms with Crippen LogP contribution in [0.3, 0.4) is 0 Å². The number of halogens is 2. The van der Waals surface area contributed by atoms with Gasteiger partial charge in [0.05, 0.1) is 11.1 Å². The van der Waals surface area contributed by atoms with Crippen LogP contribution < -0.4 is 5.32 Å². The molecule has 1 N–H and O–H groups in total. The van der Waals surface area contributed by atoms with Gasteiger partial charge in [-0.2, -0.15) is 15.1 Å². The fraction of sp³-hybridized carbons (Fsp3) is 0.267. The molecule has 22 heavy (non-hydrogen) atoms. The van der Waals surface area contributed by atoms with Gasteiger partial charge in [0.1, 0.15) is 11.6 Å². The van der Waals surface area contributed by atoms with E-state index in [1.54, 1.807) is 16.8 Å². The number of nitrogens with one attached hydrogen (secondary N) is 1. The Hall–Kier alpha value is -2.21. The fourth-order valence-electron chi connectivity index (χ4n) is 2.36. The van der Waals surface area contributed by atoms with E-state index >= 15 is 0 Å². The summed E-state index contributed by atoms with van der Waals surface area (Å²) in [7, 11) is 0. The van der Waals surface area contributed by atoms with Crippen LogP contribution in [-0.4, -0.2) is 19.7 Å². The Labute approximate surface area is 132 Å². The topological polar surface area (TPSA) is 55.6 Å². The Morgan fingerprint density at radius 1 is 1.23 bits per heavy atom. The lowest BCUT2D eigenvalue weighted by molar-refractivity contribution is 0.627. The lowest BCUT2D eigenvalue weighted by Crippen LogP contribution is -2.04. The molecule has 0 aliphatic rings. The van der Waals surface area contributed by atoms with Crippen molar-refractivity contribution in [3.63, 3.8) is 0 Å². The molecule has 0 radical (unpaired) electrons. The quantitative estimate of drug-likeness (QED) is 0.747. The van der Waals surface area contributed by atoms with Gasteiger partial charge in [-0.15, -0.1) is 0 Å². The maximum atomic E-state index is 12.9. The van der Waals surface area contributed by atoms with Crippen molar-refractivity contribution in [3.05, 3.63) is 46.6 Å². The van der Waals surface area contributed by atoms with E-state index in [0.717, 1.165) is 16.6 Å². The van der Waals surface area contributed by atoms with Gasteiger partial charge < -0.3 is 5.32 Å². The summed E-state index contributed by atoms with van der Waals surface area (Å²) in [5, 5.41) is 8.70. The first-order valence-corrected chi connectivity index (χ1v) is 7.35. The third-order valence-corrected chi connectivity index (χ3v) is 3.58. The van der Waals surface area contributed by atoms with Crippen molar-refractivity contribution in [2.45, 2.75) is 26.9 Å². The number of anilines is 1. The Balaban J connectivity index is 1.96. The van der Waals surface area contributed by atoms with Crippen molar-refractivity contribution in [1.29, 1.82) is 0 Å². The maximum Gasteiger partial charge on any atom is 0.226 e. The molecule has 0 saturated carbocycles. The average Bonchev–Trinajstić information content (AvgIpc) is 2.82. The Kier molecular flexibility index (Phi) is 3.94. The first-order valence-electron chi connectivity index (χ1n) is 6.97. The molecule has 0 amide bonds. The van der Waals surface area contributed by atoms with Crippen LogP contribution in [0.25, 0.3) is 11.0 Å². The van der Waals surface area contributed by atoms with Crippen LogP contribution >= 0.6 is 11.6 Å². The highest BCUT2D eigenvalue weighted by Crippen LogP contribution is 2.25. The molecule has 114 valence electrons. The molecule has 3 aromatic rings. The second-order valence-corrected chi connectivity index (χ2v) is 5.26.